The molecular formula is C107H65N7. The molecule has 0 saturated heterocycles. The third-order valence-electron chi connectivity index (χ3n) is 23.9. The summed E-state index contributed by atoms with van der Waals surface area (Å²) in [6, 6.07) is 143. The van der Waals surface area contributed by atoms with Crippen LogP contribution >= 0.6 is 0 Å². The number of aromatic nitrogens is 7. The molecule has 0 aliphatic heterocycles. The minimum atomic E-state index is 0.636. The van der Waals surface area contributed by atoms with E-state index in [4.69, 9.17) is 15.0 Å². The van der Waals surface area contributed by atoms with Gasteiger partial charge in [0.1, 0.15) is 0 Å². The van der Waals surface area contributed by atoms with E-state index >= 15 is 0 Å². The van der Waals surface area contributed by atoms with E-state index in [1.165, 1.54) is 180 Å². The lowest BCUT2D eigenvalue weighted by Gasteiger charge is -2.12. The average molecular weight is 1450 g/mol. The van der Waals surface area contributed by atoms with Gasteiger partial charge < -0.3 is 18.3 Å². The maximum absolute atomic E-state index is 5.02. The topological polar surface area (TPSA) is 58.4 Å². The number of hydrogen-bond donors (Lipinski definition) is 0. The second-order valence-corrected chi connectivity index (χ2v) is 30.1. The van der Waals surface area contributed by atoms with Gasteiger partial charge in [-0.15, -0.1) is 0 Å². The second kappa shape index (κ2) is 25.1. The van der Waals surface area contributed by atoms with E-state index in [-0.39, 0.29) is 0 Å². The molecule has 25 aromatic rings. The molecule has 0 bridgehead atoms. The smallest absolute Gasteiger partial charge is 0.164 e. The summed E-state index contributed by atoms with van der Waals surface area (Å²) in [7, 11) is 0. The molecule has 0 aliphatic rings. The van der Waals surface area contributed by atoms with Crippen LogP contribution in [0.4, 0.5) is 0 Å². The number of nitrogens with zero attached hydrogens (tertiary/aromatic N) is 7. The summed E-state index contributed by atoms with van der Waals surface area (Å²) in [5.41, 5.74) is 21.8. The lowest BCUT2D eigenvalue weighted by Crippen LogP contribution is -2.00. The molecule has 0 N–H and O–H groups in total. The predicted molar refractivity (Wildman–Crippen MR) is 478 cm³/mol. The number of rotatable bonds is 9. The van der Waals surface area contributed by atoms with Gasteiger partial charge in [0, 0.05) is 82.5 Å². The summed E-state index contributed by atoms with van der Waals surface area (Å²) in [5, 5.41) is 25.4. The van der Waals surface area contributed by atoms with E-state index in [2.05, 4.69) is 352 Å². The molecule has 7 nitrogen and oxygen atoms in total. The summed E-state index contributed by atoms with van der Waals surface area (Å²) >= 11 is 0. The zero-order chi connectivity index (χ0) is 74.6. The normalized spacial score (nSPS) is 12.0. The van der Waals surface area contributed by atoms with Crippen LogP contribution < -0.4 is 0 Å². The Hall–Kier alpha value is -15.3. The van der Waals surface area contributed by atoms with E-state index in [9.17, 15) is 0 Å². The van der Waals surface area contributed by atoms with Crippen LogP contribution in [0.15, 0.2) is 394 Å². The van der Waals surface area contributed by atoms with Crippen molar-refractivity contribution in [3.05, 3.63) is 394 Å². The number of para-hydroxylation sites is 2. The van der Waals surface area contributed by atoms with Gasteiger partial charge in [-0.3, -0.25) is 0 Å². The minimum absolute atomic E-state index is 0.636. The molecular weight excluding hydrogens is 1380 g/mol. The maximum Gasteiger partial charge on any atom is 0.164 e. The zero-order valence-electron chi connectivity index (χ0n) is 61.7. The standard InChI is InChI=1S/C55H33N5.C52H32N2/c1-4-14-34(15-5-1)53-56-54(35-16-6-2-7-17-35)58-55(57-53)36-26-28-40(29-27-36)60-46-25-13-23-42-44-33-38-19-11-10-18-37(38)32-43(44)41-22-12-24-45-49(41)51-47(30-31-48(60)52(51)50(42)46)59(45)39-20-8-3-9-21-39;1-3-13-33(14-4-1)34-17-9-18-35(29-34)36-19-10-22-40(30-36)54-46-26-12-24-42-44-32-38-16-8-7-15-37(38)31-43(44)41-23-11-25-45-49(41)51-47(27-28-48(54)52(51)50(42)46)53(45)39-20-5-2-6-21-39/h1-33H;1-32H. The number of fused-ring (bicyclic) bond motifs is 8. The van der Waals surface area contributed by atoms with Crippen LogP contribution in [0.3, 0.4) is 0 Å². The molecule has 0 spiro atoms. The minimum Gasteiger partial charge on any atom is -0.309 e. The fourth-order valence-electron chi connectivity index (χ4n) is 19.0. The van der Waals surface area contributed by atoms with Crippen molar-refractivity contribution in [2.75, 3.05) is 0 Å². The Kier molecular flexibility index (Phi) is 14.0. The van der Waals surface area contributed by atoms with Crippen LogP contribution in [-0.4, -0.2) is 33.2 Å². The molecule has 7 heteroatoms. The van der Waals surface area contributed by atoms with Gasteiger partial charge in [0.05, 0.1) is 44.1 Å². The fraction of sp³-hybridized carbons (Fsp3) is 0. The molecule has 0 fully saturated rings. The third-order valence-corrected chi connectivity index (χ3v) is 23.9. The number of benzene rings is 18. The molecule has 0 unspecified atom stereocenters. The molecule has 5 aromatic heterocycles. The van der Waals surface area contributed by atoms with E-state index in [0.29, 0.717) is 17.5 Å². The van der Waals surface area contributed by atoms with Crippen molar-refractivity contribution in [3.63, 3.8) is 0 Å². The summed E-state index contributed by atoms with van der Waals surface area (Å²) in [6.45, 7) is 0. The van der Waals surface area contributed by atoms with E-state index < -0.39 is 0 Å². The third kappa shape index (κ3) is 9.66. The lowest BCUT2D eigenvalue weighted by atomic mass is 9.93. The van der Waals surface area contributed by atoms with Crippen LogP contribution in [0.2, 0.25) is 0 Å². The van der Waals surface area contributed by atoms with Crippen molar-refractivity contribution >= 4 is 152 Å². The largest absolute Gasteiger partial charge is 0.309 e. The Balaban J connectivity index is 0.000000132. The van der Waals surface area contributed by atoms with Gasteiger partial charge in [0.2, 0.25) is 0 Å². The molecule has 0 aliphatic carbocycles. The van der Waals surface area contributed by atoms with Crippen molar-refractivity contribution < 1.29 is 0 Å². The van der Waals surface area contributed by atoms with Gasteiger partial charge in [0.15, 0.2) is 17.5 Å². The predicted octanol–water partition coefficient (Wildman–Crippen LogP) is 28.1. The van der Waals surface area contributed by atoms with Gasteiger partial charge in [-0.05, 0) is 226 Å². The van der Waals surface area contributed by atoms with Crippen LogP contribution in [0.1, 0.15) is 0 Å². The monoisotopic (exact) mass is 1450 g/mol. The molecule has 5 heterocycles. The molecule has 114 heavy (non-hydrogen) atoms. The van der Waals surface area contributed by atoms with Gasteiger partial charge in [-0.1, -0.05) is 255 Å². The van der Waals surface area contributed by atoms with Gasteiger partial charge in [-0.2, -0.15) is 0 Å². The van der Waals surface area contributed by atoms with E-state index in [1.807, 2.05) is 60.7 Å². The molecule has 0 radical (unpaired) electrons. The Morgan fingerprint density at radius 3 is 0.746 bits per heavy atom. The summed E-state index contributed by atoms with van der Waals surface area (Å²) in [5.74, 6) is 1.93. The highest BCUT2D eigenvalue weighted by atomic mass is 15.0. The highest BCUT2D eigenvalue weighted by Gasteiger charge is 2.28. The first-order valence-corrected chi connectivity index (χ1v) is 39.1. The highest BCUT2D eigenvalue weighted by Crippen LogP contribution is 2.51. The van der Waals surface area contributed by atoms with Crippen molar-refractivity contribution in [3.8, 4) is 79.2 Å². The Bertz CT molecular complexity index is 8120. The molecule has 20 aromatic carbocycles. The quantitative estimate of drug-likeness (QED) is 0.145. The Labute approximate surface area is 654 Å². The van der Waals surface area contributed by atoms with E-state index in [0.717, 1.165) is 33.8 Å². The van der Waals surface area contributed by atoms with Crippen LogP contribution in [0, 0.1) is 0 Å². The molecule has 0 atom stereocenters. The first kappa shape index (κ1) is 63.6. The van der Waals surface area contributed by atoms with Crippen molar-refractivity contribution in [1.82, 2.24) is 33.2 Å². The van der Waals surface area contributed by atoms with Crippen LogP contribution in [0.5, 0.6) is 0 Å². The van der Waals surface area contributed by atoms with Crippen molar-refractivity contribution in [2.24, 2.45) is 0 Å². The molecule has 0 saturated carbocycles. The molecule has 528 valence electrons. The van der Waals surface area contributed by atoms with Gasteiger partial charge in [0.25, 0.3) is 0 Å². The molecule has 0 amide bonds. The van der Waals surface area contributed by atoms with Crippen LogP contribution in [-0.2, 0) is 0 Å². The average Bonchev–Trinajstić information content (AvgIpc) is 1.53. The second-order valence-electron chi connectivity index (χ2n) is 30.1. The van der Waals surface area contributed by atoms with Gasteiger partial charge >= 0.3 is 0 Å². The van der Waals surface area contributed by atoms with Crippen LogP contribution in [0.25, 0.3) is 231 Å². The Morgan fingerprint density at radius 1 is 0.140 bits per heavy atom. The number of hydrogen-bond acceptors (Lipinski definition) is 3. The maximum atomic E-state index is 5.02. The summed E-state index contributed by atoms with van der Waals surface area (Å²) in [4.78, 5) is 15.0. The Morgan fingerprint density at radius 2 is 0.386 bits per heavy atom. The molecule has 25 rings (SSSR count). The van der Waals surface area contributed by atoms with Gasteiger partial charge in [-0.25, -0.2) is 15.0 Å². The highest BCUT2D eigenvalue weighted by molar-refractivity contribution is 6.41. The van der Waals surface area contributed by atoms with Crippen molar-refractivity contribution in [2.45, 2.75) is 0 Å². The van der Waals surface area contributed by atoms with E-state index in [1.54, 1.807) is 0 Å². The first-order valence-electron chi connectivity index (χ1n) is 39.1. The SMILES string of the molecule is c1ccc(-c2cccc(-c3cccc(-n4c5cccc6c7cc8ccccc8cc7c7cccc8c7c7c(c65)c4ccc7n8-c4ccccc4)c3)c2)cc1.c1ccc(-c2nc(-c3ccccc3)nc(-c3ccc(-n4c5cccc6c7cc8ccccc8cc7c7cccc8c7c7c(c65)c4ccc7n8-c4ccccc4)cc3)n2)cc1. The zero-order valence-corrected chi connectivity index (χ0v) is 61.7. The summed E-state index contributed by atoms with van der Waals surface area (Å²) in [6.07, 6.45) is 0. The first-order chi connectivity index (χ1) is 56.6. The fourth-order valence-corrected chi connectivity index (χ4v) is 19.0. The lowest BCUT2D eigenvalue weighted by molar-refractivity contribution is 1.07. The van der Waals surface area contributed by atoms with Crippen molar-refractivity contribution in [1.29, 1.82) is 0 Å². The summed E-state index contributed by atoms with van der Waals surface area (Å²) < 4.78 is 9.85.